The van der Waals surface area contributed by atoms with Gasteiger partial charge in [0.25, 0.3) is 0 Å². The maximum atomic E-state index is 3.79. The summed E-state index contributed by atoms with van der Waals surface area (Å²) in [5, 5.41) is 3.79. The van der Waals surface area contributed by atoms with Crippen molar-refractivity contribution in [2.75, 3.05) is 5.32 Å². The van der Waals surface area contributed by atoms with Crippen molar-refractivity contribution in [2.45, 2.75) is 58.9 Å². The predicted octanol–water partition coefficient (Wildman–Crippen LogP) is 4.68. The van der Waals surface area contributed by atoms with Crippen LogP contribution in [0.2, 0.25) is 0 Å². The fraction of sp³-hybridized carbons (Fsp3) is 0.625. The normalized spacial score (nSPS) is 24.6. The van der Waals surface area contributed by atoms with Crippen molar-refractivity contribution in [3.05, 3.63) is 29.3 Å². The molecule has 1 N–H and O–H groups in total. The van der Waals surface area contributed by atoms with Crippen LogP contribution in [0.25, 0.3) is 0 Å². The Kier molecular flexibility index (Phi) is 4.09. The lowest BCUT2D eigenvalue weighted by Crippen LogP contribution is -2.32. The van der Waals surface area contributed by atoms with E-state index >= 15 is 0 Å². The minimum Gasteiger partial charge on any atom is -0.382 e. The lowest BCUT2D eigenvalue weighted by atomic mass is 9.82. The lowest BCUT2D eigenvalue weighted by Gasteiger charge is -2.32. The van der Waals surface area contributed by atoms with E-state index in [0.29, 0.717) is 6.04 Å². The van der Waals surface area contributed by atoms with Gasteiger partial charge in [-0.15, -0.1) is 0 Å². The fourth-order valence-electron chi connectivity index (χ4n) is 2.98. The van der Waals surface area contributed by atoms with Gasteiger partial charge in [-0.1, -0.05) is 38.3 Å². The molecule has 94 valence electrons. The van der Waals surface area contributed by atoms with Gasteiger partial charge in [-0.3, -0.25) is 0 Å². The molecular formula is C16H25N. The SMILES string of the molecule is CCC1CCCCC1Nc1cc(C)ccc1C. The molecule has 2 unspecified atom stereocenters. The van der Waals surface area contributed by atoms with Gasteiger partial charge in [0.1, 0.15) is 0 Å². The molecule has 1 aliphatic rings. The van der Waals surface area contributed by atoms with Crippen LogP contribution in [0.1, 0.15) is 50.2 Å². The number of nitrogens with one attached hydrogen (secondary N) is 1. The van der Waals surface area contributed by atoms with Gasteiger partial charge in [0.15, 0.2) is 0 Å². The van der Waals surface area contributed by atoms with Crippen LogP contribution in [0.4, 0.5) is 5.69 Å². The first-order valence-corrected chi connectivity index (χ1v) is 7.04. The summed E-state index contributed by atoms with van der Waals surface area (Å²) in [7, 11) is 0. The summed E-state index contributed by atoms with van der Waals surface area (Å²) in [5.41, 5.74) is 4.06. The highest BCUT2D eigenvalue weighted by Gasteiger charge is 2.23. The van der Waals surface area contributed by atoms with Crippen LogP contribution in [0.5, 0.6) is 0 Å². The van der Waals surface area contributed by atoms with Crippen molar-refractivity contribution in [1.29, 1.82) is 0 Å². The molecule has 2 rings (SSSR count). The molecule has 0 aromatic heterocycles. The Morgan fingerprint density at radius 1 is 1.18 bits per heavy atom. The van der Waals surface area contributed by atoms with Gasteiger partial charge in [0.05, 0.1) is 0 Å². The minimum absolute atomic E-state index is 0.689. The molecule has 1 aliphatic carbocycles. The maximum absolute atomic E-state index is 3.79. The van der Waals surface area contributed by atoms with E-state index in [1.807, 2.05) is 0 Å². The van der Waals surface area contributed by atoms with E-state index in [-0.39, 0.29) is 0 Å². The number of hydrogen-bond acceptors (Lipinski definition) is 1. The van der Waals surface area contributed by atoms with E-state index in [4.69, 9.17) is 0 Å². The van der Waals surface area contributed by atoms with E-state index in [9.17, 15) is 0 Å². The lowest BCUT2D eigenvalue weighted by molar-refractivity contribution is 0.317. The van der Waals surface area contributed by atoms with Gasteiger partial charge in [0, 0.05) is 11.7 Å². The molecule has 0 saturated heterocycles. The zero-order chi connectivity index (χ0) is 12.3. The summed E-state index contributed by atoms with van der Waals surface area (Å²) in [6.45, 7) is 6.70. The molecular weight excluding hydrogens is 206 g/mol. The highest BCUT2D eigenvalue weighted by molar-refractivity contribution is 5.53. The van der Waals surface area contributed by atoms with E-state index in [0.717, 1.165) is 5.92 Å². The van der Waals surface area contributed by atoms with Gasteiger partial charge in [-0.2, -0.15) is 0 Å². The second-order valence-electron chi connectivity index (χ2n) is 5.52. The Bertz CT molecular complexity index is 370. The molecule has 2 atom stereocenters. The first-order chi connectivity index (χ1) is 8.20. The monoisotopic (exact) mass is 231 g/mol. The molecule has 1 fully saturated rings. The van der Waals surface area contributed by atoms with Crippen molar-refractivity contribution < 1.29 is 0 Å². The van der Waals surface area contributed by atoms with Crippen LogP contribution in [-0.4, -0.2) is 6.04 Å². The van der Waals surface area contributed by atoms with E-state index in [1.165, 1.54) is 48.9 Å². The highest BCUT2D eigenvalue weighted by atomic mass is 14.9. The van der Waals surface area contributed by atoms with Gasteiger partial charge < -0.3 is 5.32 Å². The van der Waals surface area contributed by atoms with E-state index in [2.05, 4.69) is 44.3 Å². The molecule has 1 aromatic carbocycles. The summed E-state index contributed by atoms with van der Waals surface area (Å²) in [6.07, 6.45) is 6.86. The fourth-order valence-corrected chi connectivity index (χ4v) is 2.98. The Balaban J connectivity index is 2.10. The Labute approximate surface area is 106 Å². The molecule has 0 bridgehead atoms. The van der Waals surface area contributed by atoms with Crippen molar-refractivity contribution in [2.24, 2.45) is 5.92 Å². The zero-order valence-electron chi connectivity index (χ0n) is 11.4. The number of benzene rings is 1. The summed E-state index contributed by atoms with van der Waals surface area (Å²) >= 11 is 0. The molecule has 1 nitrogen and oxygen atoms in total. The second-order valence-corrected chi connectivity index (χ2v) is 5.52. The van der Waals surface area contributed by atoms with Crippen LogP contribution in [0.3, 0.4) is 0 Å². The topological polar surface area (TPSA) is 12.0 Å². The maximum Gasteiger partial charge on any atom is 0.0374 e. The van der Waals surface area contributed by atoms with Gasteiger partial charge in [-0.25, -0.2) is 0 Å². The summed E-state index contributed by atoms with van der Waals surface area (Å²) in [6, 6.07) is 7.39. The third kappa shape index (κ3) is 3.02. The standard InChI is InChI=1S/C16H25N/c1-4-14-7-5-6-8-15(14)17-16-11-12(2)9-10-13(16)3/h9-11,14-15,17H,4-8H2,1-3H3. The van der Waals surface area contributed by atoms with Gasteiger partial charge in [-0.05, 0) is 49.8 Å². The average Bonchev–Trinajstić information content (AvgIpc) is 2.34. The zero-order valence-corrected chi connectivity index (χ0v) is 11.4. The average molecular weight is 231 g/mol. The van der Waals surface area contributed by atoms with E-state index < -0.39 is 0 Å². The van der Waals surface area contributed by atoms with Crippen LogP contribution >= 0.6 is 0 Å². The summed E-state index contributed by atoms with van der Waals surface area (Å²) in [5.74, 6) is 0.865. The third-order valence-corrected chi connectivity index (χ3v) is 4.17. The van der Waals surface area contributed by atoms with Gasteiger partial charge in [0.2, 0.25) is 0 Å². The summed E-state index contributed by atoms with van der Waals surface area (Å²) < 4.78 is 0. The van der Waals surface area contributed by atoms with Crippen molar-refractivity contribution in [3.8, 4) is 0 Å². The molecule has 1 aromatic rings. The quantitative estimate of drug-likeness (QED) is 0.796. The van der Waals surface area contributed by atoms with Crippen molar-refractivity contribution in [3.63, 3.8) is 0 Å². The minimum atomic E-state index is 0.689. The van der Waals surface area contributed by atoms with Crippen LogP contribution in [-0.2, 0) is 0 Å². The van der Waals surface area contributed by atoms with Crippen molar-refractivity contribution >= 4 is 5.69 Å². The number of rotatable bonds is 3. The predicted molar refractivity (Wildman–Crippen MR) is 75.6 cm³/mol. The Morgan fingerprint density at radius 3 is 2.71 bits per heavy atom. The molecule has 1 saturated carbocycles. The Morgan fingerprint density at radius 2 is 1.94 bits per heavy atom. The first kappa shape index (κ1) is 12.5. The highest BCUT2D eigenvalue weighted by Crippen LogP contribution is 2.30. The number of aryl methyl sites for hydroxylation is 2. The smallest absolute Gasteiger partial charge is 0.0374 e. The first-order valence-electron chi connectivity index (χ1n) is 7.04. The van der Waals surface area contributed by atoms with E-state index in [1.54, 1.807) is 0 Å². The molecule has 1 heteroatoms. The Hall–Kier alpha value is -0.980. The number of hydrogen-bond donors (Lipinski definition) is 1. The second kappa shape index (κ2) is 5.57. The van der Waals surface area contributed by atoms with Crippen LogP contribution < -0.4 is 5.32 Å². The third-order valence-electron chi connectivity index (χ3n) is 4.17. The molecule has 0 spiro atoms. The largest absolute Gasteiger partial charge is 0.382 e. The molecule has 0 radical (unpaired) electrons. The summed E-state index contributed by atoms with van der Waals surface area (Å²) in [4.78, 5) is 0. The molecule has 0 amide bonds. The molecule has 17 heavy (non-hydrogen) atoms. The van der Waals surface area contributed by atoms with Crippen LogP contribution in [0, 0.1) is 19.8 Å². The van der Waals surface area contributed by atoms with Crippen LogP contribution in [0.15, 0.2) is 18.2 Å². The molecule has 0 aliphatic heterocycles. The van der Waals surface area contributed by atoms with Gasteiger partial charge >= 0.3 is 0 Å². The number of anilines is 1. The van der Waals surface area contributed by atoms with Crippen molar-refractivity contribution in [1.82, 2.24) is 0 Å². The molecule has 0 heterocycles.